The molecule has 9 heteroatoms. The summed E-state index contributed by atoms with van der Waals surface area (Å²) < 4.78 is 1.68. The first-order valence-electron chi connectivity index (χ1n) is 9.21. The van der Waals surface area contributed by atoms with Crippen molar-refractivity contribution in [2.75, 3.05) is 13.1 Å². The molecule has 0 spiro atoms. The molecule has 0 atom stereocenters. The number of likely N-dealkylation sites (tertiary alicyclic amines) is 1. The number of hydrogen-bond acceptors (Lipinski definition) is 6. The predicted molar refractivity (Wildman–Crippen MR) is 106 cm³/mol. The lowest BCUT2D eigenvalue weighted by atomic mass is 10.0. The number of para-hydroxylation sites is 1. The van der Waals surface area contributed by atoms with Crippen LogP contribution < -0.4 is 5.73 Å². The van der Waals surface area contributed by atoms with E-state index >= 15 is 0 Å². The molecule has 0 saturated carbocycles. The van der Waals surface area contributed by atoms with Crippen molar-refractivity contribution in [2.45, 2.75) is 18.9 Å². The second kappa shape index (κ2) is 9.56. The zero-order chi connectivity index (χ0) is 20.6. The van der Waals surface area contributed by atoms with E-state index in [1.807, 2.05) is 59.5 Å². The normalized spacial score (nSPS) is 14.0. The van der Waals surface area contributed by atoms with E-state index in [0.717, 1.165) is 24.1 Å². The Morgan fingerprint density at radius 3 is 2.31 bits per heavy atom. The van der Waals surface area contributed by atoms with Crippen LogP contribution in [0.25, 0.3) is 17.1 Å². The van der Waals surface area contributed by atoms with Gasteiger partial charge < -0.3 is 15.7 Å². The van der Waals surface area contributed by atoms with Gasteiger partial charge in [-0.25, -0.2) is 0 Å². The molecule has 3 aromatic rings. The molecule has 2 aromatic carbocycles. The smallest absolute Gasteiger partial charge is 0.290 e. The van der Waals surface area contributed by atoms with Crippen LogP contribution in [0.1, 0.15) is 23.2 Å². The fourth-order valence-corrected chi connectivity index (χ4v) is 3.16. The van der Waals surface area contributed by atoms with Crippen LogP contribution in [-0.2, 0) is 4.79 Å². The van der Waals surface area contributed by atoms with Crippen molar-refractivity contribution < 1.29 is 14.7 Å². The van der Waals surface area contributed by atoms with Gasteiger partial charge in [-0.1, -0.05) is 30.3 Å². The Balaban J connectivity index is 0.000000755. The van der Waals surface area contributed by atoms with E-state index in [-0.39, 0.29) is 18.4 Å². The summed E-state index contributed by atoms with van der Waals surface area (Å²) in [5, 5.41) is 18.9. The van der Waals surface area contributed by atoms with E-state index in [9.17, 15) is 4.79 Å². The topological polar surface area (TPSA) is 127 Å². The third kappa shape index (κ3) is 4.82. The molecule has 1 fully saturated rings. The number of rotatable bonds is 3. The fraction of sp³-hybridized carbons (Fsp3) is 0.250. The number of aromatic nitrogens is 4. The van der Waals surface area contributed by atoms with Crippen molar-refractivity contribution in [2.24, 2.45) is 5.73 Å². The number of carbonyl (C=O) groups is 2. The SMILES string of the molecule is NC1CCN(C(=O)c2ccc(-c3nnnn3-c3ccccc3)cc2)CC1.O=CO. The number of tetrazole rings is 1. The summed E-state index contributed by atoms with van der Waals surface area (Å²) in [6, 6.07) is 17.3. The van der Waals surface area contributed by atoms with Crippen LogP contribution in [0.2, 0.25) is 0 Å². The predicted octanol–water partition coefficient (Wildman–Crippen LogP) is 1.59. The number of amides is 1. The Labute approximate surface area is 167 Å². The van der Waals surface area contributed by atoms with E-state index < -0.39 is 0 Å². The highest BCUT2D eigenvalue weighted by molar-refractivity contribution is 5.94. The van der Waals surface area contributed by atoms with E-state index in [1.165, 1.54) is 0 Å². The molecule has 1 saturated heterocycles. The molecule has 29 heavy (non-hydrogen) atoms. The van der Waals surface area contributed by atoms with Gasteiger partial charge in [0.1, 0.15) is 0 Å². The maximum atomic E-state index is 12.6. The average Bonchev–Trinajstić information content (AvgIpc) is 3.25. The van der Waals surface area contributed by atoms with Crippen molar-refractivity contribution in [3.05, 3.63) is 60.2 Å². The van der Waals surface area contributed by atoms with E-state index in [2.05, 4.69) is 15.5 Å². The average molecular weight is 394 g/mol. The third-order valence-electron chi connectivity index (χ3n) is 4.69. The first-order valence-corrected chi connectivity index (χ1v) is 9.21. The van der Waals surface area contributed by atoms with Crippen molar-refractivity contribution in [1.82, 2.24) is 25.1 Å². The Morgan fingerprint density at radius 2 is 1.69 bits per heavy atom. The monoisotopic (exact) mass is 394 g/mol. The highest BCUT2D eigenvalue weighted by atomic mass is 16.3. The quantitative estimate of drug-likeness (QED) is 0.646. The van der Waals surface area contributed by atoms with Gasteiger partial charge >= 0.3 is 0 Å². The molecule has 0 radical (unpaired) electrons. The zero-order valence-corrected chi connectivity index (χ0v) is 15.8. The van der Waals surface area contributed by atoms with Gasteiger partial charge in [0.15, 0.2) is 5.82 Å². The molecule has 1 amide bonds. The number of carboxylic acid groups (broad SMARTS) is 1. The minimum atomic E-state index is -0.250. The second-order valence-electron chi connectivity index (χ2n) is 6.56. The van der Waals surface area contributed by atoms with Crippen molar-refractivity contribution in [1.29, 1.82) is 0 Å². The van der Waals surface area contributed by atoms with Crippen molar-refractivity contribution >= 4 is 12.4 Å². The molecule has 150 valence electrons. The summed E-state index contributed by atoms with van der Waals surface area (Å²) in [7, 11) is 0. The van der Waals surface area contributed by atoms with Gasteiger partial charge in [0.2, 0.25) is 0 Å². The lowest BCUT2D eigenvalue weighted by molar-refractivity contribution is -0.122. The number of nitrogens with two attached hydrogens (primary N) is 1. The maximum absolute atomic E-state index is 12.6. The summed E-state index contributed by atoms with van der Waals surface area (Å²) >= 11 is 0. The van der Waals surface area contributed by atoms with Gasteiger partial charge in [-0.15, -0.1) is 5.10 Å². The van der Waals surface area contributed by atoms with E-state index in [0.29, 0.717) is 24.5 Å². The van der Waals surface area contributed by atoms with Crippen molar-refractivity contribution in [3.8, 4) is 17.1 Å². The molecule has 2 heterocycles. The standard InChI is InChI=1S/C19H20N6O.CH2O2/c20-16-10-12-24(13-11-16)19(26)15-8-6-14(7-9-15)18-21-22-23-25(18)17-4-2-1-3-5-17;2-1-3/h1-9,16H,10-13,20H2;1H,(H,2,3). The number of hydrogen-bond donors (Lipinski definition) is 2. The first kappa shape index (κ1) is 20.2. The summed E-state index contributed by atoms with van der Waals surface area (Å²) in [6.45, 7) is 1.18. The third-order valence-corrected chi connectivity index (χ3v) is 4.69. The molecule has 1 aliphatic rings. The molecule has 1 aromatic heterocycles. The number of piperidine rings is 1. The minimum absolute atomic E-state index is 0.0473. The largest absolute Gasteiger partial charge is 0.483 e. The van der Waals surface area contributed by atoms with Gasteiger partial charge in [-0.05, 0) is 47.5 Å². The number of nitrogens with zero attached hydrogens (tertiary/aromatic N) is 5. The molecule has 3 N–H and O–H groups in total. The molecule has 1 aliphatic heterocycles. The van der Waals surface area contributed by atoms with Crippen LogP contribution in [0, 0.1) is 0 Å². The fourth-order valence-electron chi connectivity index (χ4n) is 3.16. The molecule has 0 bridgehead atoms. The highest BCUT2D eigenvalue weighted by Gasteiger charge is 2.21. The number of benzene rings is 2. The summed E-state index contributed by atoms with van der Waals surface area (Å²) in [6.07, 6.45) is 1.71. The molecular formula is C20H22N6O3. The van der Waals surface area contributed by atoms with Crippen LogP contribution in [-0.4, -0.2) is 61.7 Å². The number of carbonyl (C=O) groups excluding carboxylic acids is 1. The molecule has 0 unspecified atom stereocenters. The molecule has 9 nitrogen and oxygen atoms in total. The minimum Gasteiger partial charge on any atom is -0.483 e. The van der Waals surface area contributed by atoms with Gasteiger partial charge in [-0.3, -0.25) is 9.59 Å². The Bertz CT molecular complexity index is 934. The van der Waals surface area contributed by atoms with Gasteiger partial charge in [0.25, 0.3) is 12.4 Å². The van der Waals surface area contributed by atoms with Crippen LogP contribution >= 0.6 is 0 Å². The molecule has 0 aliphatic carbocycles. The zero-order valence-electron chi connectivity index (χ0n) is 15.8. The second-order valence-corrected chi connectivity index (χ2v) is 6.56. The lowest BCUT2D eigenvalue weighted by Crippen LogP contribution is -2.42. The van der Waals surface area contributed by atoms with Gasteiger partial charge in [-0.2, -0.15) is 4.68 Å². The van der Waals surface area contributed by atoms with Crippen LogP contribution in [0.5, 0.6) is 0 Å². The lowest BCUT2D eigenvalue weighted by Gasteiger charge is -2.30. The molecular weight excluding hydrogens is 372 g/mol. The summed E-state index contributed by atoms with van der Waals surface area (Å²) in [4.78, 5) is 22.9. The summed E-state index contributed by atoms with van der Waals surface area (Å²) in [5.41, 5.74) is 8.33. The Morgan fingerprint density at radius 1 is 1.07 bits per heavy atom. The van der Waals surface area contributed by atoms with Crippen LogP contribution in [0.3, 0.4) is 0 Å². The van der Waals surface area contributed by atoms with Crippen LogP contribution in [0.4, 0.5) is 0 Å². The Kier molecular flexibility index (Phi) is 6.64. The molecule has 4 rings (SSSR count). The van der Waals surface area contributed by atoms with E-state index in [1.54, 1.807) is 4.68 Å². The van der Waals surface area contributed by atoms with Crippen molar-refractivity contribution in [3.63, 3.8) is 0 Å². The van der Waals surface area contributed by atoms with Gasteiger partial charge in [0.05, 0.1) is 5.69 Å². The van der Waals surface area contributed by atoms with E-state index in [4.69, 9.17) is 15.6 Å². The Hall–Kier alpha value is -3.59. The maximum Gasteiger partial charge on any atom is 0.290 e. The highest BCUT2D eigenvalue weighted by Crippen LogP contribution is 2.21. The van der Waals surface area contributed by atoms with Crippen LogP contribution in [0.15, 0.2) is 54.6 Å². The summed E-state index contributed by atoms with van der Waals surface area (Å²) in [5.74, 6) is 0.685. The first-order chi connectivity index (χ1) is 14.1. The van der Waals surface area contributed by atoms with Gasteiger partial charge in [0, 0.05) is 30.3 Å².